The number of halogens is 1. The second-order valence-electron chi connectivity index (χ2n) is 5.19. The van der Waals surface area contributed by atoms with Crippen LogP contribution in [0.3, 0.4) is 0 Å². The van der Waals surface area contributed by atoms with Gasteiger partial charge in [0.15, 0.2) is 0 Å². The summed E-state index contributed by atoms with van der Waals surface area (Å²) in [4.78, 5) is 16.6. The van der Waals surface area contributed by atoms with Crippen molar-refractivity contribution >= 4 is 34.7 Å². The van der Waals surface area contributed by atoms with Crippen LogP contribution in [0.2, 0.25) is 5.02 Å². The molecule has 0 fully saturated rings. The van der Waals surface area contributed by atoms with E-state index in [2.05, 4.69) is 15.6 Å². The van der Waals surface area contributed by atoms with Crippen molar-refractivity contribution in [1.82, 2.24) is 4.98 Å². The number of nitrogens with zero attached hydrogens (tertiary/aromatic N) is 1. The van der Waals surface area contributed by atoms with Crippen LogP contribution in [-0.2, 0) is 0 Å². The van der Waals surface area contributed by atoms with Gasteiger partial charge in [-0.15, -0.1) is 0 Å². The van der Waals surface area contributed by atoms with Crippen molar-refractivity contribution in [1.29, 1.82) is 0 Å². The molecule has 1 aromatic heterocycles. The zero-order valence-corrected chi connectivity index (χ0v) is 14.2. The Bertz CT molecular complexity index is 882. The first kappa shape index (κ1) is 16.8. The van der Waals surface area contributed by atoms with Crippen LogP contribution in [0, 0.1) is 0 Å². The van der Waals surface area contributed by atoms with E-state index in [1.807, 2.05) is 24.3 Å². The molecule has 0 atom stereocenters. The first-order valence-electron chi connectivity index (χ1n) is 7.59. The maximum atomic E-state index is 12.3. The van der Waals surface area contributed by atoms with E-state index in [0.717, 1.165) is 5.69 Å². The molecule has 0 unspecified atom stereocenters. The normalized spacial score (nSPS) is 10.2. The largest absolute Gasteiger partial charge is 0.495 e. The number of para-hydroxylation sites is 3. The lowest BCUT2D eigenvalue weighted by Crippen LogP contribution is -2.12. The average molecular weight is 354 g/mol. The molecule has 0 spiro atoms. The van der Waals surface area contributed by atoms with E-state index in [1.165, 1.54) is 6.20 Å². The Balaban J connectivity index is 1.72. The summed E-state index contributed by atoms with van der Waals surface area (Å²) in [6, 6.07) is 18.0. The first-order valence-corrected chi connectivity index (χ1v) is 7.97. The molecule has 2 N–H and O–H groups in total. The molecule has 1 amide bonds. The molecule has 0 aliphatic heterocycles. The zero-order valence-electron chi connectivity index (χ0n) is 13.5. The van der Waals surface area contributed by atoms with Crippen LogP contribution >= 0.6 is 11.6 Å². The van der Waals surface area contributed by atoms with Gasteiger partial charge in [-0.1, -0.05) is 35.9 Å². The molecule has 5 nitrogen and oxygen atoms in total. The third-order valence-corrected chi connectivity index (χ3v) is 3.85. The highest BCUT2D eigenvalue weighted by Gasteiger charge is 2.09. The number of ether oxygens (including phenoxy) is 1. The second kappa shape index (κ2) is 7.68. The Morgan fingerprint density at radius 2 is 1.72 bits per heavy atom. The van der Waals surface area contributed by atoms with E-state index in [4.69, 9.17) is 16.3 Å². The molecule has 126 valence electrons. The summed E-state index contributed by atoms with van der Waals surface area (Å²) in [5.41, 5.74) is 1.79. The lowest BCUT2D eigenvalue weighted by atomic mass is 10.2. The third kappa shape index (κ3) is 4.08. The number of hydrogen-bond donors (Lipinski definition) is 2. The maximum absolute atomic E-state index is 12.3. The molecule has 6 heteroatoms. The van der Waals surface area contributed by atoms with E-state index >= 15 is 0 Å². The molecular formula is C19H16ClN3O2. The van der Waals surface area contributed by atoms with Crippen LogP contribution in [0.5, 0.6) is 5.75 Å². The van der Waals surface area contributed by atoms with Crippen LogP contribution in [0.25, 0.3) is 0 Å². The van der Waals surface area contributed by atoms with Gasteiger partial charge in [0.2, 0.25) is 0 Å². The summed E-state index contributed by atoms with van der Waals surface area (Å²) < 4.78 is 5.29. The lowest BCUT2D eigenvalue weighted by molar-refractivity contribution is 0.102. The molecule has 0 saturated heterocycles. The van der Waals surface area contributed by atoms with Crippen LogP contribution in [-0.4, -0.2) is 18.0 Å². The number of carbonyl (C=O) groups is 1. The van der Waals surface area contributed by atoms with E-state index in [1.54, 1.807) is 43.5 Å². The lowest BCUT2D eigenvalue weighted by Gasteiger charge is -2.11. The highest BCUT2D eigenvalue weighted by Crippen LogP contribution is 2.26. The average Bonchev–Trinajstić information content (AvgIpc) is 2.64. The van der Waals surface area contributed by atoms with Crippen molar-refractivity contribution in [3.8, 4) is 5.75 Å². The number of rotatable bonds is 5. The minimum atomic E-state index is -0.274. The molecule has 0 saturated carbocycles. The van der Waals surface area contributed by atoms with Gasteiger partial charge >= 0.3 is 0 Å². The number of aromatic nitrogens is 1. The smallest absolute Gasteiger partial charge is 0.257 e. The highest BCUT2D eigenvalue weighted by atomic mass is 35.5. The number of benzene rings is 2. The summed E-state index contributed by atoms with van der Waals surface area (Å²) in [7, 11) is 1.61. The number of hydrogen-bond acceptors (Lipinski definition) is 4. The van der Waals surface area contributed by atoms with Crippen LogP contribution in [0.1, 0.15) is 10.4 Å². The third-order valence-electron chi connectivity index (χ3n) is 3.52. The Labute approximate surface area is 150 Å². The number of methoxy groups -OCH3 is 1. The van der Waals surface area contributed by atoms with Gasteiger partial charge in [-0.05, 0) is 36.4 Å². The van der Waals surface area contributed by atoms with Gasteiger partial charge in [0.05, 0.1) is 29.1 Å². The number of pyridine rings is 1. The van der Waals surface area contributed by atoms with E-state index < -0.39 is 0 Å². The highest BCUT2D eigenvalue weighted by molar-refractivity contribution is 6.33. The molecular weight excluding hydrogens is 338 g/mol. The molecule has 0 aliphatic carbocycles. The fourth-order valence-electron chi connectivity index (χ4n) is 2.25. The zero-order chi connectivity index (χ0) is 17.6. The fraction of sp³-hybridized carbons (Fsp3) is 0.0526. The number of anilines is 3. The number of nitrogens with one attached hydrogen (secondary N) is 2. The Hall–Kier alpha value is -3.05. The van der Waals surface area contributed by atoms with Crippen molar-refractivity contribution in [3.63, 3.8) is 0 Å². The van der Waals surface area contributed by atoms with Crippen molar-refractivity contribution < 1.29 is 9.53 Å². The molecule has 25 heavy (non-hydrogen) atoms. The first-order chi connectivity index (χ1) is 12.2. The van der Waals surface area contributed by atoms with Crippen molar-refractivity contribution in [2.24, 2.45) is 0 Å². The van der Waals surface area contributed by atoms with E-state index in [-0.39, 0.29) is 5.91 Å². The molecule has 0 bridgehead atoms. The molecule has 3 rings (SSSR count). The molecule has 2 aromatic carbocycles. The van der Waals surface area contributed by atoms with E-state index in [9.17, 15) is 4.79 Å². The number of carbonyl (C=O) groups excluding carboxylic acids is 1. The summed E-state index contributed by atoms with van der Waals surface area (Å²) in [5.74, 6) is 1.05. The maximum Gasteiger partial charge on any atom is 0.257 e. The van der Waals surface area contributed by atoms with Gasteiger partial charge in [-0.3, -0.25) is 4.79 Å². The summed E-state index contributed by atoms with van der Waals surface area (Å²) in [6.45, 7) is 0. The van der Waals surface area contributed by atoms with Gasteiger partial charge in [-0.2, -0.15) is 0 Å². The van der Waals surface area contributed by atoms with Gasteiger partial charge < -0.3 is 15.4 Å². The molecule has 0 radical (unpaired) electrons. The summed E-state index contributed by atoms with van der Waals surface area (Å²) in [5, 5.41) is 6.41. The van der Waals surface area contributed by atoms with Crippen LogP contribution in [0.15, 0.2) is 66.9 Å². The fourth-order valence-corrected chi connectivity index (χ4v) is 2.43. The van der Waals surface area contributed by atoms with Crippen LogP contribution < -0.4 is 15.4 Å². The van der Waals surface area contributed by atoms with E-state index in [0.29, 0.717) is 27.8 Å². The standard InChI is InChI=1S/C19H16ClN3O2/c1-25-17-9-5-4-8-16(17)22-18-11-10-13(12-21-18)19(24)23-15-7-3-2-6-14(15)20/h2-12H,1H3,(H,21,22)(H,23,24). The number of amides is 1. The topological polar surface area (TPSA) is 63.2 Å². The van der Waals surface area contributed by atoms with Gasteiger partial charge in [0.1, 0.15) is 11.6 Å². The van der Waals surface area contributed by atoms with Crippen LogP contribution in [0.4, 0.5) is 17.2 Å². The molecule has 1 heterocycles. The summed E-state index contributed by atoms with van der Waals surface area (Å²) in [6.07, 6.45) is 1.50. The van der Waals surface area contributed by atoms with Crippen molar-refractivity contribution in [3.05, 3.63) is 77.4 Å². The monoisotopic (exact) mass is 353 g/mol. The van der Waals surface area contributed by atoms with Gasteiger partial charge in [0.25, 0.3) is 5.91 Å². The van der Waals surface area contributed by atoms with Crippen molar-refractivity contribution in [2.75, 3.05) is 17.7 Å². The Kier molecular flexibility index (Phi) is 5.16. The minimum absolute atomic E-state index is 0.274. The quantitative estimate of drug-likeness (QED) is 0.695. The minimum Gasteiger partial charge on any atom is -0.495 e. The second-order valence-corrected chi connectivity index (χ2v) is 5.60. The van der Waals surface area contributed by atoms with Crippen molar-refractivity contribution in [2.45, 2.75) is 0 Å². The Morgan fingerprint density at radius 1 is 1.00 bits per heavy atom. The van der Waals surface area contributed by atoms with Gasteiger partial charge in [-0.25, -0.2) is 4.98 Å². The predicted octanol–water partition coefficient (Wildman–Crippen LogP) is 4.74. The Morgan fingerprint density at radius 3 is 2.40 bits per heavy atom. The molecule has 3 aromatic rings. The van der Waals surface area contributed by atoms with Gasteiger partial charge in [0, 0.05) is 6.20 Å². The molecule has 0 aliphatic rings. The predicted molar refractivity (Wildman–Crippen MR) is 99.9 cm³/mol. The summed E-state index contributed by atoms with van der Waals surface area (Å²) >= 11 is 6.05. The SMILES string of the molecule is COc1ccccc1Nc1ccc(C(=O)Nc2ccccc2Cl)cn1.